The molecular formula is C15H23NO3S. The second-order valence-electron chi connectivity index (χ2n) is 5.44. The van der Waals surface area contributed by atoms with Gasteiger partial charge in [-0.3, -0.25) is 0 Å². The van der Waals surface area contributed by atoms with Crippen molar-refractivity contribution in [2.24, 2.45) is 5.92 Å². The number of ether oxygens (including phenoxy) is 1. The van der Waals surface area contributed by atoms with Crippen LogP contribution in [0.2, 0.25) is 0 Å². The molecule has 1 atom stereocenters. The van der Waals surface area contributed by atoms with Crippen molar-refractivity contribution in [1.29, 1.82) is 0 Å². The summed E-state index contributed by atoms with van der Waals surface area (Å²) in [6, 6.07) is 8.09. The van der Waals surface area contributed by atoms with E-state index in [1.54, 1.807) is 4.31 Å². The fraction of sp³-hybridized carbons (Fsp3) is 0.600. The first-order valence-electron chi connectivity index (χ1n) is 7.16. The monoisotopic (exact) mass is 297 g/mol. The van der Waals surface area contributed by atoms with Crippen molar-refractivity contribution in [3.05, 3.63) is 29.8 Å². The molecule has 0 aliphatic carbocycles. The van der Waals surface area contributed by atoms with E-state index in [1.165, 1.54) is 11.8 Å². The fourth-order valence-corrected chi connectivity index (χ4v) is 3.48. The molecule has 20 heavy (non-hydrogen) atoms. The van der Waals surface area contributed by atoms with Crippen LogP contribution in [0.1, 0.15) is 25.3 Å². The van der Waals surface area contributed by atoms with Gasteiger partial charge in [-0.15, -0.1) is 0 Å². The van der Waals surface area contributed by atoms with Crippen LogP contribution in [0.3, 0.4) is 0 Å². The average molecular weight is 297 g/mol. The number of hydrogen-bond acceptors (Lipinski definition) is 3. The van der Waals surface area contributed by atoms with Crippen molar-refractivity contribution in [2.45, 2.75) is 26.2 Å². The maximum absolute atomic E-state index is 11.6. The molecule has 1 aromatic carbocycles. The van der Waals surface area contributed by atoms with Gasteiger partial charge in [-0.1, -0.05) is 19.1 Å². The van der Waals surface area contributed by atoms with Crippen LogP contribution >= 0.6 is 0 Å². The number of nitrogens with zero attached hydrogens (tertiary/aromatic N) is 1. The zero-order valence-electron chi connectivity index (χ0n) is 12.2. The maximum atomic E-state index is 11.6. The molecule has 0 saturated carbocycles. The van der Waals surface area contributed by atoms with E-state index in [-0.39, 0.29) is 5.92 Å². The highest BCUT2D eigenvalue weighted by Gasteiger charge is 2.26. The van der Waals surface area contributed by atoms with Crippen LogP contribution in [0, 0.1) is 5.92 Å². The van der Waals surface area contributed by atoms with Crippen molar-refractivity contribution < 1.29 is 13.2 Å². The minimum Gasteiger partial charge on any atom is -0.493 e. The van der Waals surface area contributed by atoms with Crippen molar-refractivity contribution in [1.82, 2.24) is 4.31 Å². The summed E-state index contributed by atoms with van der Waals surface area (Å²) in [6.07, 6.45) is 4.21. The molecule has 1 aromatic rings. The number of aryl methyl sites for hydroxylation is 1. The van der Waals surface area contributed by atoms with E-state index >= 15 is 0 Å². The van der Waals surface area contributed by atoms with E-state index in [0.29, 0.717) is 19.7 Å². The lowest BCUT2D eigenvalue weighted by molar-refractivity contribution is 0.180. The predicted octanol–water partition coefficient (Wildman–Crippen LogP) is 2.30. The Kier molecular flexibility index (Phi) is 5.05. The number of piperidine rings is 1. The van der Waals surface area contributed by atoms with Gasteiger partial charge in [-0.25, -0.2) is 12.7 Å². The van der Waals surface area contributed by atoms with Gasteiger partial charge in [0.05, 0.1) is 12.9 Å². The first kappa shape index (κ1) is 15.3. The molecule has 0 spiro atoms. The van der Waals surface area contributed by atoms with Crippen LogP contribution in [0.4, 0.5) is 0 Å². The van der Waals surface area contributed by atoms with E-state index in [4.69, 9.17) is 4.74 Å². The molecule has 0 bridgehead atoms. The molecular weight excluding hydrogens is 274 g/mol. The van der Waals surface area contributed by atoms with E-state index < -0.39 is 10.0 Å². The second kappa shape index (κ2) is 6.59. The van der Waals surface area contributed by atoms with Gasteiger partial charge in [-0.2, -0.15) is 0 Å². The van der Waals surface area contributed by atoms with Crippen LogP contribution in [0.25, 0.3) is 0 Å². The molecule has 1 unspecified atom stereocenters. The first-order chi connectivity index (χ1) is 9.49. The van der Waals surface area contributed by atoms with Crippen LogP contribution in [-0.4, -0.2) is 38.7 Å². The van der Waals surface area contributed by atoms with Gasteiger partial charge in [0.2, 0.25) is 10.0 Å². The number of rotatable bonds is 5. The fourth-order valence-electron chi connectivity index (χ4n) is 2.53. The number of hydrogen-bond donors (Lipinski definition) is 0. The third-order valence-corrected chi connectivity index (χ3v) is 5.01. The van der Waals surface area contributed by atoms with Crippen molar-refractivity contribution >= 4 is 10.0 Å². The second-order valence-corrected chi connectivity index (χ2v) is 7.42. The summed E-state index contributed by atoms with van der Waals surface area (Å²) in [5.74, 6) is 1.16. The Hall–Kier alpha value is -1.07. The Morgan fingerprint density at radius 1 is 1.40 bits per heavy atom. The standard InChI is InChI=1S/C15H23NO3S/c1-3-13-6-4-8-15(10-13)19-12-14-7-5-9-16(11-14)20(2,17)18/h4,6,8,10,14H,3,5,7,9,11-12H2,1-2H3. The van der Waals surface area contributed by atoms with E-state index in [9.17, 15) is 8.42 Å². The smallest absolute Gasteiger partial charge is 0.211 e. The highest BCUT2D eigenvalue weighted by atomic mass is 32.2. The average Bonchev–Trinajstić information content (AvgIpc) is 2.45. The predicted molar refractivity (Wildman–Crippen MR) is 80.5 cm³/mol. The van der Waals surface area contributed by atoms with Gasteiger partial charge in [0.1, 0.15) is 5.75 Å². The molecule has 1 aliphatic heterocycles. The zero-order valence-corrected chi connectivity index (χ0v) is 13.0. The lowest BCUT2D eigenvalue weighted by Crippen LogP contribution is -2.40. The molecule has 112 valence electrons. The quantitative estimate of drug-likeness (QED) is 0.838. The molecule has 0 N–H and O–H groups in total. The minimum atomic E-state index is -3.07. The molecule has 0 aromatic heterocycles. The summed E-state index contributed by atoms with van der Waals surface area (Å²) in [6.45, 7) is 3.91. The molecule has 4 nitrogen and oxygen atoms in total. The largest absolute Gasteiger partial charge is 0.493 e. The number of benzene rings is 1. The van der Waals surface area contributed by atoms with E-state index in [0.717, 1.165) is 25.0 Å². The van der Waals surface area contributed by atoms with Crippen molar-refractivity contribution in [3.63, 3.8) is 0 Å². The van der Waals surface area contributed by atoms with Crippen LogP contribution in [0.5, 0.6) is 5.75 Å². The van der Waals surface area contributed by atoms with Gasteiger partial charge >= 0.3 is 0 Å². The van der Waals surface area contributed by atoms with Gasteiger partial charge in [0.25, 0.3) is 0 Å². The Labute approximate surface area is 121 Å². The Morgan fingerprint density at radius 2 is 2.20 bits per heavy atom. The summed E-state index contributed by atoms with van der Waals surface area (Å²) < 4.78 is 30.5. The highest BCUT2D eigenvalue weighted by Crippen LogP contribution is 2.21. The van der Waals surface area contributed by atoms with Crippen LogP contribution in [-0.2, 0) is 16.4 Å². The van der Waals surface area contributed by atoms with Gasteiger partial charge in [0, 0.05) is 19.0 Å². The van der Waals surface area contributed by atoms with E-state index in [1.807, 2.05) is 12.1 Å². The normalized spacial score (nSPS) is 20.8. The SMILES string of the molecule is CCc1cccc(OCC2CCCN(S(C)(=O)=O)C2)c1. The molecule has 5 heteroatoms. The van der Waals surface area contributed by atoms with Crippen LogP contribution in [0.15, 0.2) is 24.3 Å². The summed E-state index contributed by atoms with van der Waals surface area (Å²) in [5, 5.41) is 0. The molecule has 1 heterocycles. The molecule has 1 aliphatic rings. The van der Waals surface area contributed by atoms with E-state index in [2.05, 4.69) is 19.1 Å². The van der Waals surface area contributed by atoms with Crippen molar-refractivity contribution in [3.8, 4) is 5.75 Å². The summed E-state index contributed by atoms with van der Waals surface area (Å²) in [7, 11) is -3.07. The highest BCUT2D eigenvalue weighted by molar-refractivity contribution is 7.88. The molecule has 2 rings (SSSR count). The summed E-state index contributed by atoms with van der Waals surface area (Å²) >= 11 is 0. The topological polar surface area (TPSA) is 46.6 Å². The van der Waals surface area contributed by atoms with Gasteiger partial charge in [-0.05, 0) is 37.0 Å². The van der Waals surface area contributed by atoms with Crippen molar-refractivity contribution in [2.75, 3.05) is 26.0 Å². The summed E-state index contributed by atoms with van der Waals surface area (Å²) in [4.78, 5) is 0. The third-order valence-electron chi connectivity index (χ3n) is 3.74. The van der Waals surface area contributed by atoms with Crippen LogP contribution < -0.4 is 4.74 Å². The van der Waals surface area contributed by atoms with Gasteiger partial charge in [0.15, 0.2) is 0 Å². The molecule has 1 saturated heterocycles. The Balaban J connectivity index is 1.90. The lowest BCUT2D eigenvalue weighted by Gasteiger charge is -2.30. The zero-order chi connectivity index (χ0) is 14.6. The Bertz CT molecular complexity index is 542. The summed E-state index contributed by atoms with van der Waals surface area (Å²) in [5.41, 5.74) is 1.25. The molecule has 0 amide bonds. The minimum absolute atomic E-state index is 0.281. The molecule has 1 fully saturated rings. The van der Waals surface area contributed by atoms with Gasteiger partial charge < -0.3 is 4.74 Å². The Morgan fingerprint density at radius 3 is 2.90 bits per heavy atom. The first-order valence-corrected chi connectivity index (χ1v) is 9.00. The number of sulfonamides is 1. The maximum Gasteiger partial charge on any atom is 0.211 e. The molecule has 0 radical (unpaired) electrons. The third kappa shape index (κ3) is 4.21. The lowest BCUT2D eigenvalue weighted by atomic mass is 10.0.